The van der Waals surface area contributed by atoms with Crippen molar-refractivity contribution in [1.29, 1.82) is 0 Å². The molecule has 0 aromatic carbocycles. The first-order chi connectivity index (χ1) is 8.22. The summed E-state index contributed by atoms with van der Waals surface area (Å²) in [5, 5.41) is 0. The van der Waals surface area contributed by atoms with E-state index in [2.05, 4.69) is 15.0 Å². The van der Waals surface area contributed by atoms with E-state index in [0.717, 1.165) is 34.9 Å². The molecule has 0 saturated heterocycles. The van der Waals surface area contributed by atoms with Crippen LogP contribution in [0.15, 0.2) is 11.7 Å². The molecule has 0 radical (unpaired) electrons. The summed E-state index contributed by atoms with van der Waals surface area (Å²) in [7, 11) is 0. The van der Waals surface area contributed by atoms with Crippen LogP contribution in [0.1, 0.15) is 23.4 Å². The van der Waals surface area contributed by atoms with Gasteiger partial charge >= 0.3 is 0 Å². The molecule has 0 aliphatic heterocycles. The van der Waals surface area contributed by atoms with Crippen LogP contribution in [0.25, 0.3) is 10.7 Å². The highest BCUT2D eigenvalue weighted by molar-refractivity contribution is 7.13. The summed E-state index contributed by atoms with van der Waals surface area (Å²) < 4.78 is 0. The average molecular weight is 248 g/mol. The van der Waals surface area contributed by atoms with Gasteiger partial charge in [-0.15, -0.1) is 11.3 Å². The molecular weight excluding hydrogens is 232 g/mol. The van der Waals surface area contributed by atoms with Gasteiger partial charge in [-0.25, -0.2) is 9.97 Å². The average Bonchev–Trinajstić information content (AvgIpc) is 2.81. The smallest absolute Gasteiger partial charge is 0.171 e. The zero-order valence-corrected chi connectivity index (χ0v) is 10.9. The largest absolute Gasteiger partial charge is 0.330 e. The van der Waals surface area contributed by atoms with Crippen LogP contribution >= 0.6 is 11.3 Å². The van der Waals surface area contributed by atoms with Crippen molar-refractivity contribution in [1.82, 2.24) is 15.0 Å². The Morgan fingerprint density at radius 1 is 1.24 bits per heavy atom. The molecule has 0 amide bonds. The van der Waals surface area contributed by atoms with Crippen LogP contribution < -0.4 is 5.73 Å². The molecule has 90 valence electrons. The molecule has 0 unspecified atom stereocenters. The van der Waals surface area contributed by atoms with E-state index in [4.69, 9.17) is 5.73 Å². The minimum atomic E-state index is 0.704. The van der Waals surface area contributed by atoms with Crippen LogP contribution in [0.5, 0.6) is 0 Å². The van der Waals surface area contributed by atoms with Gasteiger partial charge in [0.15, 0.2) is 5.82 Å². The lowest BCUT2D eigenvalue weighted by molar-refractivity contribution is 0.806. The minimum Gasteiger partial charge on any atom is -0.330 e. The van der Waals surface area contributed by atoms with E-state index < -0.39 is 0 Å². The van der Waals surface area contributed by atoms with Crippen molar-refractivity contribution in [2.45, 2.75) is 26.7 Å². The first-order valence-corrected chi connectivity index (χ1v) is 6.53. The monoisotopic (exact) mass is 248 g/mol. The fourth-order valence-electron chi connectivity index (χ4n) is 1.82. The third-order valence-electron chi connectivity index (χ3n) is 2.70. The lowest BCUT2D eigenvalue weighted by Gasteiger charge is -2.09. The van der Waals surface area contributed by atoms with Crippen molar-refractivity contribution < 1.29 is 0 Å². The number of nitrogens with two attached hydrogens (primary N) is 1. The quantitative estimate of drug-likeness (QED) is 0.900. The molecule has 0 aliphatic rings. The Morgan fingerprint density at radius 3 is 2.47 bits per heavy atom. The van der Waals surface area contributed by atoms with Crippen LogP contribution in [0, 0.1) is 13.8 Å². The van der Waals surface area contributed by atoms with E-state index >= 15 is 0 Å². The molecule has 0 atom stereocenters. The molecule has 2 aromatic rings. The summed E-state index contributed by atoms with van der Waals surface area (Å²) in [4.78, 5) is 14.2. The molecule has 17 heavy (non-hydrogen) atoms. The van der Waals surface area contributed by atoms with Gasteiger partial charge < -0.3 is 5.73 Å². The van der Waals surface area contributed by atoms with Gasteiger partial charge in [0.25, 0.3) is 0 Å². The summed E-state index contributed by atoms with van der Waals surface area (Å²) in [5.41, 5.74) is 10.7. The predicted molar refractivity (Wildman–Crippen MR) is 70.0 cm³/mol. The number of aryl methyl sites for hydroxylation is 2. The van der Waals surface area contributed by atoms with Crippen molar-refractivity contribution in [3.8, 4) is 10.7 Å². The molecule has 2 aromatic heterocycles. The number of thiazole rings is 1. The third-order valence-corrected chi connectivity index (χ3v) is 3.47. The zero-order chi connectivity index (χ0) is 12.3. The molecule has 0 spiro atoms. The van der Waals surface area contributed by atoms with Crippen LogP contribution in [0.4, 0.5) is 0 Å². The Labute approximate surface area is 105 Å². The van der Waals surface area contributed by atoms with Gasteiger partial charge in [-0.3, -0.25) is 4.98 Å². The van der Waals surface area contributed by atoms with E-state index in [9.17, 15) is 0 Å². The molecule has 2 N–H and O–H groups in total. The van der Waals surface area contributed by atoms with Gasteiger partial charge in [0, 0.05) is 17.6 Å². The molecule has 2 heterocycles. The summed E-state index contributed by atoms with van der Waals surface area (Å²) in [6.07, 6.45) is 3.74. The first-order valence-electron chi connectivity index (χ1n) is 5.65. The maximum atomic E-state index is 5.54. The van der Waals surface area contributed by atoms with Crippen molar-refractivity contribution in [3.63, 3.8) is 0 Å². The Kier molecular flexibility index (Phi) is 3.81. The van der Waals surface area contributed by atoms with Crippen molar-refractivity contribution in [2.24, 2.45) is 5.73 Å². The van der Waals surface area contributed by atoms with Gasteiger partial charge in [-0.05, 0) is 38.8 Å². The third kappa shape index (κ3) is 2.68. The molecule has 0 fully saturated rings. The number of nitrogens with zero attached hydrogens (tertiary/aromatic N) is 3. The second kappa shape index (κ2) is 5.33. The molecule has 0 bridgehead atoms. The van der Waals surface area contributed by atoms with Gasteiger partial charge in [0.2, 0.25) is 0 Å². The van der Waals surface area contributed by atoms with Gasteiger partial charge in [0.1, 0.15) is 0 Å². The SMILES string of the molecule is Cc1nc(-c2cncs2)nc(C)c1CCCN. The van der Waals surface area contributed by atoms with E-state index in [1.165, 1.54) is 5.56 Å². The molecule has 2 rings (SSSR count). The van der Waals surface area contributed by atoms with Gasteiger partial charge in [-0.1, -0.05) is 0 Å². The van der Waals surface area contributed by atoms with Gasteiger partial charge in [0.05, 0.1) is 10.4 Å². The van der Waals surface area contributed by atoms with Crippen LogP contribution in [0.2, 0.25) is 0 Å². The zero-order valence-electron chi connectivity index (χ0n) is 10.1. The van der Waals surface area contributed by atoms with E-state index in [1.54, 1.807) is 23.0 Å². The van der Waals surface area contributed by atoms with Crippen LogP contribution in [-0.2, 0) is 6.42 Å². The highest BCUT2D eigenvalue weighted by Crippen LogP contribution is 2.22. The highest BCUT2D eigenvalue weighted by atomic mass is 32.1. The van der Waals surface area contributed by atoms with Gasteiger partial charge in [-0.2, -0.15) is 0 Å². The van der Waals surface area contributed by atoms with E-state index in [1.807, 2.05) is 13.8 Å². The maximum absolute atomic E-state index is 5.54. The van der Waals surface area contributed by atoms with Crippen LogP contribution in [-0.4, -0.2) is 21.5 Å². The Balaban J connectivity index is 2.35. The Hall–Kier alpha value is -1.33. The summed E-state index contributed by atoms with van der Waals surface area (Å²) in [5.74, 6) is 0.777. The second-order valence-corrected chi connectivity index (χ2v) is 4.84. The number of aromatic nitrogens is 3. The Morgan fingerprint density at radius 2 is 1.94 bits per heavy atom. The number of rotatable bonds is 4. The van der Waals surface area contributed by atoms with E-state index in [-0.39, 0.29) is 0 Å². The molecule has 5 heteroatoms. The maximum Gasteiger partial charge on any atom is 0.171 e. The molecular formula is C12H16N4S. The molecule has 4 nitrogen and oxygen atoms in total. The predicted octanol–water partition coefficient (Wildman–Crippen LogP) is 2.11. The second-order valence-electron chi connectivity index (χ2n) is 3.95. The van der Waals surface area contributed by atoms with E-state index in [0.29, 0.717) is 6.54 Å². The fourth-order valence-corrected chi connectivity index (χ4v) is 2.37. The molecule has 0 saturated carbocycles. The summed E-state index contributed by atoms with van der Waals surface area (Å²) in [6.45, 7) is 4.77. The Bertz CT molecular complexity index is 470. The summed E-state index contributed by atoms with van der Waals surface area (Å²) in [6, 6.07) is 0. The van der Waals surface area contributed by atoms with Crippen molar-refractivity contribution in [3.05, 3.63) is 28.7 Å². The lowest BCUT2D eigenvalue weighted by atomic mass is 10.1. The van der Waals surface area contributed by atoms with Crippen LogP contribution in [0.3, 0.4) is 0 Å². The normalized spacial score (nSPS) is 10.8. The number of hydrogen-bond acceptors (Lipinski definition) is 5. The topological polar surface area (TPSA) is 64.7 Å². The first kappa shape index (κ1) is 12.1. The standard InChI is InChI=1S/C12H16N4S/c1-8-10(4-3-5-13)9(2)16-12(15-8)11-6-14-7-17-11/h6-7H,3-5,13H2,1-2H3. The minimum absolute atomic E-state index is 0.704. The number of hydrogen-bond donors (Lipinski definition) is 1. The highest BCUT2D eigenvalue weighted by Gasteiger charge is 2.10. The van der Waals surface area contributed by atoms with Crippen molar-refractivity contribution in [2.75, 3.05) is 6.54 Å². The van der Waals surface area contributed by atoms with Crippen molar-refractivity contribution >= 4 is 11.3 Å². The fraction of sp³-hybridized carbons (Fsp3) is 0.417. The molecule has 0 aliphatic carbocycles. The summed E-state index contributed by atoms with van der Waals surface area (Å²) >= 11 is 1.56. The lowest BCUT2D eigenvalue weighted by Crippen LogP contribution is -2.06.